The van der Waals surface area contributed by atoms with E-state index in [0.717, 1.165) is 11.8 Å². The van der Waals surface area contributed by atoms with Gasteiger partial charge in [0.25, 0.3) is 0 Å². The molecule has 0 radical (unpaired) electrons. The van der Waals surface area contributed by atoms with Gasteiger partial charge in [-0.05, 0) is 5.56 Å². The molecular weight excluding hydrogens is 180 g/mol. The van der Waals surface area contributed by atoms with Crippen molar-refractivity contribution in [2.24, 2.45) is 5.73 Å². The van der Waals surface area contributed by atoms with E-state index in [0.29, 0.717) is 0 Å². The van der Waals surface area contributed by atoms with E-state index >= 15 is 0 Å². The second-order valence-electron chi connectivity index (χ2n) is 2.87. The van der Waals surface area contributed by atoms with Crippen LogP contribution < -0.4 is 11.1 Å². The van der Waals surface area contributed by atoms with Gasteiger partial charge in [-0.25, -0.2) is 0 Å². The molecule has 1 unspecified atom stereocenters. The molecule has 4 nitrogen and oxygen atoms in total. The Kier molecular flexibility index (Phi) is 3.82. The fourth-order valence-corrected chi connectivity index (χ4v) is 1.12. The smallest absolute Gasteiger partial charge is 0.231 e. The lowest BCUT2D eigenvalue weighted by Crippen LogP contribution is -2.32. The minimum absolute atomic E-state index is 0.00169. The van der Waals surface area contributed by atoms with Crippen molar-refractivity contribution < 1.29 is 9.59 Å². The van der Waals surface area contributed by atoms with Crippen molar-refractivity contribution in [1.29, 1.82) is 0 Å². The topological polar surface area (TPSA) is 72.2 Å². The van der Waals surface area contributed by atoms with Crippen molar-refractivity contribution in [3.63, 3.8) is 0 Å². The minimum Gasteiger partial charge on any atom is -0.369 e. The Morgan fingerprint density at radius 3 is 2.57 bits per heavy atom. The minimum atomic E-state index is -0.479. The summed E-state index contributed by atoms with van der Waals surface area (Å²) in [4.78, 5) is 21.2. The summed E-state index contributed by atoms with van der Waals surface area (Å²) in [5.74, 6) is -0.479. The summed E-state index contributed by atoms with van der Waals surface area (Å²) < 4.78 is 0. The molecule has 1 aromatic carbocycles. The molecule has 14 heavy (non-hydrogen) atoms. The van der Waals surface area contributed by atoms with Gasteiger partial charge in [-0.3, -0.25) is 10.1 Å². The Morgan fingerprint density at radius 1 is 1.43 bits per heavy atom. The van der Waals surface area contributed by atoms with E-state index < -0.39 is 11.9 Å². The predicted octanol–water partition coefficient (Wildman–Crippen LogP) is 0.00150. The molecule has 0 aliphatic rings. The van der Waals surface area contributed by atoms with Crippen LogP contribution in [0.3, 0.4) is 0 Å². The summed E-state index contributed by atoms with van der Waals surface area (Å²) in [5.41, 5.74) is 5.78. The van der Waals surface area contributed by atoms with Crippen LogP contribution in [0.4, 0.5) is 0 Å². The lowest BCUT2D eigenvalue weighted by Gasteiger charge is -2.10. The van der Waals surface area contributed by atoms with E-state index in [4.69, 9.17) is 5.73 Å². The van der Waals surface area contributed by atoms with Gasteiger partial charge in [-0.2, -0.15) is 0 Å². The molecule has 1 amide bonds. The van der Waals surface area contributed by atoms with Crippen LogP contribution in [0.2, 0.25) is 0 Å². The first-order valence-electron chi connectivity index (χ1n) is 4.26. The fraction of sp³-hybridized carbons (Fsp3) is 0.200. The first kappa shape index (κ1) is 10.4. The number of aldehydes is 1. The molecule has 74 valence electrons. The number of carbonyl (C=O) groups is 2. The van der Waals surface area contributed by atoms with Gasteiger partial charge in [-0.15, -0.1) is 0 Å². The zero-order valence-corrected chi connectivity index (χ0v) is 7.64. The maximum atomic E-state index is 10.7. The van der Waals surface area contributed by atoms with Gasteiger partial charge in [0.1, 0.15) is 6.29 Å². The highest BCUT2D eigenvalue weighted by atomic mass is 16.1. The van der Waals surface area contributed by atoms with Crippen molar-refractivity contribution in [3.05, 3.63) is 35.9 Å². The van der Waals surface area contributed by atoms with Crippen LogP contribution in [0.5, 0.6) is 0 Å². The monoisotopic (exact) mass is 192 g/mol. The normalized spacial score (nSPS) is 12.0. The maximum absolute atomic E-state index is 10.7. The third-order valence-corrected chi connectivity index (χ3v) is 1.79. The zero-order valence-electron chi connectivity index (χ0n) is 7.64. The fourth-order valence-electron chi connectivity index (χ4n) is 1.12. The molecule has 1 rings (SSSR count). The number of hydrogen-bond acceptors (Lipinski definition) is 3. The number of nitrogens with two attached hydrogens (primary N) is 1. The number of amides is 1. The van der Waals surface area contributed by atoms with E-state index in [-0.39, 0.29) is 6.54 Å². The quantitative estimate of drug-likeness (QED) is 0.645. The van der Waals surface area contributed by atoms with Crippen molar-refractivity contribution in [1.82, 2.24) is 5.32 Å². The van der Waals surface area contributed by atoms with Gasteiger partial charge in [0.2, 0.25) is 5.91 Å². The van der Waals surface area contributed by atoms with Crippen LogP contribution in [0.15, 0.2) is 30.3 Å². The van der Waals surface area contributed by atoms with Crippen LogP contribution in [0, 0.1) is 0 Å². The number of primary amides is 1. The van der Waals surface area contributed by atoms with Gasteiger partial charge in [0.15, 0.2) is 0 Å². The Balaban J connectivity index is 2.63. The Hall–Kier alpha value is -1.68. The standard InChI is InChI=1S/C10H12N2O2/c11-10(14)6-12-9(7-13)8-4-2-1-3-5-8/h1-5,7,9,12H,6H2,(H2,11,14). The van der Waals surface area contributed by atoms with Crippen LogP contribution in [0.1, 0.15) is 11.6 Å². The number of hydrogen-bond donors (Lipinski definition) is 2. The zero-order chi connectivity index (χ0) is 10.4. The molecule has 3 N–H and O–H groups in total. The summed E-state index contributed by atoms with van der Waals surface area (Å²) >= 11 is 0. The summed E-state index contributed by atoms with van der Waals surface area (Å²) in [6.07, 6.45) is 0.748. The molecule has 1 aromatic rings. The van der Waals surface area contributed by atoms with Crippen molar-refractivity contribution in [3.8, 4) is 0 Å². The highest BCUT2D eigenvalue weighted by molar-refractivity contribution is 5.76. The van der Waals surface area contributed by atoms with E-state index in [2.05, 4.69) is 5.32 Å². The molecule has 0 bridgehead atoms. The van der Waals surface area contributed by atoms with E-state index in [1.54, 1.807) is 0 Å². The first-order chi connectivity index (χ1) is 6.74. The molecule has 0 heterocycles. The SMILES string of the molecule is NC(=O)CNC(C=O)c1ccccc1. The molecule has 0 spiro atoms. The number of rotatable bonds is 5. The highest BCUT2D eigenvalue weighted by Gasteiger charge is 2.09. The summed E-state index contributed by atoms with van der Waals surface area (Å²) in [7, 11) is 0. The van der Waals surface area contributed by atoms with E-state index in [1.165, 1.54) is 0 Å². The van der Waals surface area contributed by atoms with Crippen molar-refractivity contribution in [2.75, 3.05) is 6.54 Å². The second-order valence-corrected chi connectivity index (χ2v) is 2.87. The molecule has 0 aliphatic heterocycles. The highest BCUT2D eigenvalue weighted by Crippen LogP contribution is 2.08. The predicted molar refractivity (Wildman–Crippen MR) is 52.4 cm³/mol. The van der Waals surface area contributed by atoms with Crippen LogP contribution >= 0.6 is 0 Å². The van der Waals surface area contributed by atoms with Crippen molar-refractivity contribution in [2.45, 2.75) is 6.04 Å². The molecule has 0 fully saturated rings. The second kappa shape index (κ2) is 5.14. The van der Waals surface area contributed by atoms with Gasteiger partial charge in [0.05, 0.1) is 12.6 Å². The van der Waals surface area contributed by atoms with Crippen molar-refractivity contribution >= 4 is 12.2 Å². The van der Waals surface area contributed by atoms with E-state index in [9.17, 15) is 9.59 Å². The van der Waals surface area contributed by atoms with Gasteiger partial charge in [-0.1, -0.05) is 30.3 Å². The lowest BCUT2D eigenvalue weighted by molar-refractivity contribution is -0.117. The molecule has 0 saturated carbocycles. The molecule has 4 heteroatoms. The van der Waals surface area contributed by atoms with Crippen LogP contribution in [-0.4, -0.2) is 18.7 Å². The Labute approximate surface area is 82.1 Å². The largest absolute Gasteiger partial charge is 0.369 e. The molecular formula is C10H12N2O2. The number of benzene rings is 1. The molecule has 0 saturated heterocycles. The third-order valence-electron chi connectivity index (χ3n) is 1.79. The summed E-state index contributed by atoms with van der Waals surface area (Å²) in [6.45, 7) is -0.00169. The van der Waals surface area contributed by atoms with Gasteiger partial charge >= 0.3 is 0 Å². The van der Waals surface area contributed by atoms with Crippen LogP contribution in [0.25, 0.3) is 0 Å². The molecule has 0 aromatic heterocycles. The Bertz CT molecular complexity index is 311. The third kappa shape index (κ3) is 2.99. The number of nitrogens with one attached hydrogen (secondary N) is 1. The average Bonchev–Trinajstić information content (AvgIpc) is 2.20. The first-order valence-corrected chi connectivity index (χ1v) is 4.26. The molecule has 0 aliphatic carbocycles. The van der Waals surface area contributed by atoms with Gasteiger partial charge in [0, 0.05) is 0 Å². The molecule has 1 atom stereocenters. The maximum Gasteiger partial charge on any atom is 0.231 e. The Morgan fingerprint density at radius 2 is 2.07 bits per heavy atom. The number of carbonyl (C=O) groups excluding carboxylic acids is 2. The van der Waals surface area contributed by atoms with E-state index in [1.807, 2.05) is 30.3 Å². The van der Waals surface area contributed by atoms with Gasteiger partial charge < -0.3 is 10.5 Å². The lowest BCUT2D eigenvalue weighted by atomic mass is 10.1. The summed E-state index contributed by atoms with van der Waals surface area (Å²) in [5, 5.41) is 2.74. The average molecular weight is 192 g/mol. The summed E-state index contributed by atoms with van der Waals surface area (Å²) in [6, 6.07) is 8.68. The van der Waals surface area contributed by atoms with Crippen LogP contribution in [-0.2, 0) is 9.59 Å².